The molecule has 2 aliphatic rings. The van der Waals surface area contributed by atoms with E-state index in [1.165, 1.54) is 11.8 Å². The highest BCUT2D eigenvalue weighted by Gasteiger charge is 2.48. The second-order valence-corrected chi connectivity index (χ2v) is 6.00. The van der Waals surface area contributed by atoms with Crippen molar-refractivity contribution in [3.63, 3.8) is 0 Å². The Morgan fingerprint density at radius 3 is 2.52 bits per heavy atom. The smallest absolute Gasteiger partial charge is 0.352 e. The van der Waals surface area contributed by atoms with Crippen LogP contribution in [-0.4, -0.2) is 65.4 Å². The molecule has 3 amide bonds. The maximum atomic E-state index is 13.2. The monoisotopic (exact) mass is 335 g/mol. The molecule has 2 heterocycles. The van der Waals surface area contributed by atoms with Crippen molar-refractivity contribution in [3.05, 3.63) is 0 Å². The predicted molar refractivity (Wildman–Crippen MR) is 74.2 cm³/mol. The number of hydrogen-bond donors (Lipinski definition) is 1. The summed E-state index contributed by atoms with van der Waals surface area (Å²) in [5.41, 5.74) is 0. The van der Waals surface area contributed by atoms with Gasteiger partial charge in [-0.2, -0.15) is 13.2 Å². The van der Waals surface area contributed by atoms with Crippen molar-refractivity contribution in [2.24, 2.45) is 0 Å². The van der Waals surface area contributed by atoms with Gasteiger partial charge >= 0.3 is 6.18 Å². The molecule has 9 heteroatoms. The van der Waals surface area contributed by atoms with Crippen molar-refractivity contribution in [2.45, 2.75) is 50.9 Å². The molecule has 2 aliphatic heterocycles. The topological polar surface area (TPSA) is 69.7 Å². The van der Waals surface area contributed by atoms with Crippen molar-refractivity contribution in [1.29, 1.82) is 0 Å². The molecule has 2 unspecified atom stereocenters. The fourth-order valence-electron chi connectivity index (χ4n) is 3.12. The van der Waals surface area contributed by atoms with Crippen molar-refractivity contribution in [1.82, 2.24) is 15.1 Å². The first-order valence-corrected chi connectivity index (χ1v) is 7.59. The van der Waals surface area contributed by atoms with Gasteiger partial charge < -0.3 is 15.1 Å². The normalized spacial score (nSPS) is 25.7. The summed E-state index contributed by atoms with van der Waals surface area (Å²) >= 11 is 0. The minimum Gasteiger partial charge on any atom is -0.352 e. The Morgan fingerprint density at radius 1 is 1.30 bits per heavy atom. The van der Waals surface area contributed by atoms with Crippen molar-refractivity contribution in [3.8, 4) is 0 Å². The number of carbonyl (C=O) groups is 3. The Kier molecular flexibility index (Phi) is 5.16. The second-order valence-electron chi connectivity index (χ2n) is 6.00. The number of hydrogen-bond acceptors (Lipinski definition) is 3. The average molecular weight is 335 g/mol. The van der Waals surface area contributed by atoms with E-state index in [1.54, 1.807) is 0 Å². The first-order chi connectivity index (χ1) is 10.7. The summed E-state index contributed by atoms with van der Waals surface area (Å²) in [6.07, 6.45) is -3.68. The van der Waals surface area contributed by atoms with Crippen LogP contribution in [0, 0.1) is 0 Å². The lowest BCUT2D eigenvalue weighted by molar-refractivity contribution is -0.197. The second kappa shape index (κ2) is 6.76. The zero-order chi connectivity index (χ0) is 17.2. The highest BCUT2D eigenvalue weighted by molar-refractivity contribution is 5.86. The van der Waals surface area contributed by atoms with Crippen molar-refractivity contribution in [2.75, 3.05) is 19.6 Å². The van der Waals surface area contributed by atoms with E-state index in [1.807, 2.05) is 0 Å². The van der Waals surface area contributed by atoms with Crippen LogP contribution in [-0.2, 0) is 14.4 Å². The molecule has 2 rings (SSSR count). The summed E-state index contributed by atoms with van der Waals surface area (Å²) in [7, 11) is 0. The van der Waals surface area contributed by atoms with Crippen LogP contribution >= 0.6 is 0 Å². The summed E-state index contributed by atoms with van der Waals surface area (Å²) < 4.78 is 39.5. The first kappa shape index (κ1) is 17.6. The largest absolute Gasteiger partial charge is 0.408 e. The third-order valence-electron chi connectivity index (χ3n) is 4.18. The number of piperidine rings is 1. The van der Waals surface area contributed by atoms with Crippen LogP contribution in [0.5, 0.6) is 0 Å². The van der Waals surface area contributed by atoms with Gasteiger partial charge in [0.05, 0.1) is 6.54 Å². The number of likely N-dealkylation sites (tertiary alicyclic amines) is 2. The SMILES string of the molecule is CC(=O)NC1CCC(C(F)(F)F)N(C(=O)CN2CCCC2=O)C1. The predicted octanol–water partition coefficient (Wildman–Crippen LogP) is 0.667. The Labute approximate surface area is 132 Å². The molecule has 0 aromatic heterocycles. The van der Waals surface area contributed by atoms with E-state index in [4.69, 9.17) is 0 Å². The van der Waals surface area contributed by atoms with Crippen molar-refractivity contribution < 1.29 is 27.6 Å². The van der Waals surface area contributed by atoms with Crippen LogP contribution in [0.3, 0.4) is 0 Å². The molecule has 0 bridgehead atoms. The zero-order valence-corrected chi connectivity index (χ0v) is 12.9. The van der Waals surface area contributed by atoms with Crippen LogP contribution in [0.4, 0.5) is 13.2 Å². The van der Waals surface area contributed by atoms with E-state index in [2.05, 4.69) is 5.32 Å². The Hall–Kier alpha value is -1.80. The van der Waals surface area contributed by atoms with Crippen LogP contribution in [0.2, 0.25) is 0 Å². The van der Waals surface area contributed by atoms with Gasteiger partial charge in [0.25, 0.3) is 0 Å². The molecule has 23 heavy (non-hydrogen) atoms. The fourth-order valence-corrected chi connectivity index (χ4v) is 3.12. The van der Waals surface area contributed by atoms with E-state index in [0.717, 1.165) is 4.90 Å². The molecule has 0 aliphatic carbocycles. The minimum atomic E-state index is -4.52. The molecule has 0 saturated carbocycles. The van der Waals surface area contributed by atoms with Gasteiger partial charge in [0, 0.05) is 32.5 Å². The molecule has 2 atom stereocenters. The van der Waals surface area contributed by atoms with Crippen LogP contribution in [0.15, 0.2) is 0 Å². The lowest BCUT2D eigenvalue weighted by Crippen LogP contribution is -2.59. The number of alkyl halides is 3. The number of nitrogens with one attached hydrogen (secondary N) is 1. The van der Waals surface area contributed by atoms with E-state index in [9.17, 15) is 27.6 Å². The number of carbonyl (C=O) groups excluding carboxylic acids is 3. The highest BCUT2D eigenvalue weighted by Crippen LogP contribution is 2.32. The third kappa shape index (κ3) is 4.35. The molecular formula is C14H20F3N3O3. The first-order valence-electron chi connectivity index (χ1n) is 7.59. The summed E-state index contributed by atoms with van der Waals surface area (Å²) in [4.78, 5) is 37.0. The molecule has 0 aromatic carbocycles. The van der Waals surface area contributed by atoms with Crippen LogP contribution in [0.1, 0.15) is 32.6 Å². The maximum absolute atomic E-state index is 13.2. The molecule has 130 valence electrons. The molecule has 0 aromatic rings. The van der Waals surface area contributed by atoms with E-state index < -0.39 is 24.2 Å². The number of nitrogens with zero attached hydrogens (tertiary/aromatic N) is 2. The third-order valence-corrected chi connectivity index (χ3v) is 4.18. The Bertz CT molecular complexity index is 495. The van der Waals surface area contributed by atoms with Gasteiger partial charge in [0.1, 0.15) is 6.04 Å². The van der Waals surface area contributed by atoms with Crippen LogP contribution in [0.25, 0.3) is 0 Å². The highest BCUT2D eigenvalue weighted by atomic mass is 19.4. The molecule has 1 N–H and O–H groups in total. The van der Waals surface area contributed by atoms with Gasteiger partial charge in [0.15, 0.2) is 0 Å². The van der Waals surface area contributed by atoms with Crippen molar-refractivity contribution >= 4 is 17.7 Å². The van der Waals surface area contributed by atoms with Gasteiger partial charge in [-0.05, 0) is 19.3 Å². The maximum Gasteiger partial charge on any atom is 0.408 e. The average Bonchev–Trinajstić information content (AvgIpc) is 2.82. The number of rotatable bonds is 3. The van der Waals surface area contributed by atoms with Gasteiger partial charge in [-0.3, -0.25) is 14.4 Å². The lowest BCUT2D eigenvalue weighted by Gasteiger charge is -2.41. The molecule has 2 fully saturated rings. The van der Waals surface area contributed by atoms with E-state index in [0.29, 0.717) is 19.4 Å². The fraction of sp³-hybridized carbons (Fsp3) is 0.786. The molecule has 6 nitrogen and oxygen atoms in total. The molecular weight excluding hydrogens is 315 g/mol. The molecule has 0 radical (unpaired) electrons. The van der Waals surface area contributed by atoms with E-state index in [-0.39, 0.29) is 37.7 Å². The van der Waals surface area contributed by atoms with Crippen LogP contribution < -0.4 is 5.32 Å². The quantitative estimate of drug-likeness (QED) is 0.824. The lowest BCUT2D eigenvalue weighted by atomic mass is 9.97. The summed E-state index contributed by atoms with van der Waals surface area (Å²) in [6, 6.07) is -2.36. The van der Waals surface area contributed by atoms with Gasteiger partial charge in [0.2, 0.25) is 17.7 Å². The summed E-state index contributed by atoms with van der Waals surface area (Å²) in [5.74, 6) is -1.28. The van der Waals surface area contributed by atoms with E-state index >= 15 is 0 Å². The summed E-state index contributed by atoms with van der Waals surface area (Å²) in [5, 5.41) is 2.56. The number of halogens is 3. The van der Waals surface area contributed by atoms with Gasteiger partial charge in [-0.25, -0.2) is 0 Å². The summed E-state index contributed by atoms with van der Waals surface area (Å²) in [6.45, 7) is 1.15. The molecule has 0 spiro atoms. The number of amides is 3. The zero-order valence-electron chi connectivity index (χ0n) is 12.9. The minimum absolute atomic E-state index is 0.163. The van der Waals surface area contributed by atoms with Gasteiger partial charge in [-0.15, -0.1) is 0 Å². The van der Waals surface area contributed by atoms with Gasteiger partial charge in [-0.1, -0.05) is 0 Å². The Morgan fingerprint density at radius 2 is 2.00 bits per heavy atom. The standard InChI is InChI=1S/C14H20F3N3O3/c1-9(21)18-10-4-5-11(14(15,16)17)20(7-10)13(23)8-19-6-2-3-12(19)22/h10-11H,2-8H2,1H3,(H,18,21). The Balaban J connectivity index is 2.08. The molecule has 2 saturated heterocycles.